The van der Waals surface area contributed by atoms with Crippen LogP contribution >= 0.6 is 0 Å². The summed E-state index contributed by atoms with van der Waals surface area (Å²) in [4.78, 5) is 9.44. The van der Waals surface area contributed by atoms with Gasteiger partial charge in [0, 0.05) is 26.4 Å². The molecular weight excluding hydrogens is 268 g/mol. The van der Waals surface area contributed by atoms with Crippen molar-refractivity contribution in [2.24, 2.45) is 0 Å². The number of hydrogen-bond acceptors (Lipinski definition) is 4. The smallest absolute Gasteiger partial charge is 0.126 e. The zero-order valence-corrected chi connectivity index (χ0v) is 14.7. The Labute approximate surface area is 131 Å². The Morgan fingerprint density at radius 1 is 0.762 bits per heavy atom. The predicted molar refractivity (Wildman–Crippen MR) is 87.7 cm³/mol. The number of carbonyl (C=O) groups is 1. The second-order valence-corrected chi connectivity index (χ2v) is 6.43. The second kappa shape index (κ2) is 15.9. The number of Topliss-reactive ketones (excluding diaryl/α,β-unsaturated/α-hetero) is 1. The Morgan fingerprint density at radius 3 is 1.00 bits per heavy atom. The lowest BCUT2D eigenvalue weighted by molar-refractivity contribution is -0.114. The highest BCUT2D eigenvalue weighted by molar-refractivity contribution is 5.72. The van der Waals surface area contributed by atoms with Crippen molar-refractivity contribution in [1.29, 1.82) is 0 Å². The molecule has 0 aromatic carbocycles. The van der Waals surface area contributed by atoms with Crippen LogP contribution in [0.25, 0.3) is 0 Å². The molecule has 2 rings (SSSR count). The van der Waals surface area contributed by atoms with Gasteiger partial charge in [-0.3, -0.25) is 0 Å². The van der Waals surface area contributed by atoms with Gasteiger partial charge in [0.2, 0.25) is 0 Å². The van der Waals surface area contributed by atoms with E-state index >= 15 is 0 Å². The number of hydrogen-bond donors (Lipinski definition) is 1. The van der Waals surface area contributed by atoms with Gasteiger partial charge >= 0.3 is 0 Å². The number of carbonyl (C=O) groups excluding carboxylic acids is 1. The fraction of sp³-hybridized carbons (Fsp3) is 0.941. The summed E-state index contributed by atoms with van der Waals surface area (Å²) in [5.41, 5.74) is -0.500. The highest BCUT2D eigenvalue weighted by Gasteiger charge is 1.98. The van der Waals surface area contributed by atoms with E-state index in [4.69, 9.17) is 14.6 Å². The molecule has 0 unspecified atom stereocenters. The Balaban J connectivity index is 0. The molecule has 0 saturated carbocycles. The maximum atomic E-state index is 9.44. The summed E-state index contributed by atoms with van der Waals surface area (Å²) in [5.74, 6) is 0.167. The largest absolute Gasteiger partial charge is 0.391 e. The minimum absolute atomic E-state index is 0.167. The lowest BCUT2D eigenvalue weighted by Gasteiger charge is -2.08. The van der Waals surface area contributed by atoms with E-state index in [0.29, 0.717) is 0 Å². The molecule has 0 bridgehead atoms. The first kappa shape index (κ1) is 22.8. The second-order valence-electron chi connectivity index (χ2n) is 6.43. The molecule has 2 aliphatic rings. The van der Waals surface area contributed by atoms with Crippen molar-refractivity contribution < 1.29 is 19.4 Å². The van der Waals surface area contributed by atoms with E-state index in [1.807, 2.05) is 0 Å². The van der Waals surface area contributed by atoms with Crippen molar-refractivity contribution in [2.45, 2.75) is 78.7 Å². The molecule has 0 atom stereocenters. The zero-order valence-electron chi connectivity index (χ0n) is 14.7. The Kier molecular flexibility index (Phi) is 17.3. The topological polar surface area (TPSA) is 55.8 Å². The van der Waals surface area contributed by atoms with Gasteiger partial charge in [-0.25, -0.2) is 0 Å². The third-order valence-corrected chi connectivity index (χ3v) is 2.15. The van der Waals surface area contributed by atoms with Crippen LogP contribution in [0.5, 0.6) is 0 Å². The van der Waals surface area contributed by atoms with Crippen molar-refractivity contribution in [3.63, 3.8) is 0 Å². The standard InChI is InChI=1S/2C5H10O.C4H10O.C3H6O/c2*1-2-4-6-5-3-1;1-4(2,3)5;1-3(2)4/h2*1-5H2;5H,1-3H3;1-2H3. The molecule has 2 saturated heterocycles. The maximum Gasteiger partial charge on any atom is 0.126 e. The van der Waals surface area contributed by atoms with E-state index in [9.17, 15) is 4.79 Å². The van der Waals surface area contributed by atoms with Gasteiger partial charge in [0.05, 0.1) is 5.60 Å². The highest BCUT2D eigenvalue weighted by atomic mass is 16.5. The summed E-state index contributed by atoms with van der Waals surface area (Å²) >= 11 is 0. The third-order valence-electron chi connectivity index (χ3n) is 2.15. The molecule has 0 spiro atoms. The molecule has 2 heterocycles. The summed E-state index contributed by atoms with van der Waals surface area (Å²) in [7, 11) is 0. The van der Waals surface area contributed by atoms with Crippen LogP contribution in [0.3, 0.4) is 0 Å². The van der Waals surface area contributed by atoms with Gasteiger partial charge in [-0.2, -0.15) is 0 Å². The van der Waals surface area contributed by atoms with Gasteiger partial charge in [-0.15, -0.1) is 0 Å². The SMILES string of the molecule is C1CCOCC1.C1CCOCC1.CC(C)(C)O.CC(C)=O. The molecule has 21 heavy (non-hydrogen) atoms. The van der Waals surface area contributed by atoms with Crippen LogP contribution < -0.4 is 0 Å². The monoisotopic (exact) mass is 304 g/mol. The van der Waals surface area contributed by atoms with E-state index in [2.05, 4.69) is 0 Å². The molecule has 1 N–H and O–H groups in total. The van der Waals surface area contributed by atoms with Crippen LogP contribution in [0.15, 0.2) is 0 Å². The maximum absolute atomic E-state index is 9.44. The molecule has 0 aliphatic carbocycles. The fourth-order valence-electron chi connectivity index (χ4n) is 1.37. The first-order valence-corrected chi connectivity index (χ1v) is 8.08. The molecule has 128 valence electrons. The van der Waals surface area contributed by atoms with Crippen LogP contribution in [0.4, 0.5) is 0 Å². The number of rotatable bonds is 0. The Bertz CT molecular complexity index is 168. The molecule has 0 amide bonds. The molecular formula is C17H36O4. The van der Waals surface area contributed by atoms with Gasteiger partial charge in [-0.1, -0.05) is 0 Å². The molecule has 4 nitrogen and oxygen atoms in total. The van der Waals surface area contributed by atoms with Gasteiger partial charge in [0.25, 0.3) is 0 Å². The number of aliphatic hydroxyl groups is 1. The first-order chi connectivity index (χ1) is 9.73. The fourth-order valence-corrected chi connectivity index (χ4v) is 1.37. The molecule has 0 aromatic heterocycles. The van der Waals surface area contributed by atoms with Crippen LogP contribution in [-0.4, -0.2) is 42.9 Å². The average Bonchev–Trinajstić information content (AvgIpc) is 2.41. The van der Waals surface area contributed by atoms with E-state index in [1.54, 1.807) is 20.8 Å². The van der Waals surface area contributed by atoms with Crippen LogP contribution in [0.2, 0.25) is 0 Å². The van der Waals surface area contributed by atoms with E-state index < -0.39 is 5.60 Å². The van der Waals surface area contributed by atoms with Gasteiger partial charge < -0.3 is 19.4 Å². The minimum atomic E-state index is -0.500. The summed E-state index contributed by atoms with van der Waals surface area (Å²) in [5, 5.41) is 8.52. The number of ketones is 1. The lowest BCUT2D eigenvalue weighted by Crippen LogP contribution is -2.10. The van der Waals surface area contributed by atoms with Gasteiger partial charge in [0.15, 0.2) is 0 Å². The predicted octanol–water partition coefficient (Wildman–Crippen LogP) is 3.75. The van der Waals surface area contributed by atoms with E-state index in [1.165, 1.54) is 52.4 Å². The first-order valence-electron chi connectivity index (χ1n) is 8.08. The Hall–Kier alpha value is -0.450. The van der Waals surface area contributed by atoms with E-state index in [-0.39, 0.29) is 5.78 Å². The molecule has 0 aromatic rings. The lowest BCUT2D eigenvalue weighted by atomic mass is 10.2. The van der Waals surface area contributed by atoms with Crippen LogP contribution in [0.1, 0.15) is 73.1 Å². The molecule has 0 radical (unpaired) electrons. The molecule has 4 heteroatoms. The third kappa shape index (κ3) is 45.1. The summed E-state index contributed by atoms with van der Waals surface area (Å²) in [6.07, 6.45) is 7.86. The highest BCUT2D eigenvalue weighted by Crippen LogP contribution is 2.02. The number of ether oxygens (including phenoxy) is 2. The van der Waals surface area contributed by atoms with Gasteiger partial charge in [0.1, 0.15) is 5.78 Å². The van der Waals surface area contributed by atoms with Crippen molar-refractivity contribution in [3.05, 3.63) is 0 Å². The summed E-state index contributed by atoms with van der Waals surface area (Å²) < 4.78 is 10.1. The van der Waals surface area contributed by atoms with Crippen LogP contribution in [0, 0.1) is 0 Å². The van der Waals surface area contributed by atoms with Crippen molar-refractivity contribution in [2.75, 3.05) is 26.4 Å². The van der Waals surface area contributed by atoms with Crippen LogP contribution in [-0.2, 0) is 14.3 Å². The minimum Gasteiger partial charge on any atom is -0.391 e. The molecule has 2 fully saturated rings. The van der Waals surface area contributed by atoms with Crippen molar-refractivity contribution in [1.82, 2.24) is 0 Å². The quantitative estimate of drug-likeness (QED) is 0.740. The Morgan fingerprint density at radius 2 is 0.952 bits per heavy atom. The normalized spacial score (nSPS) is 17.8. The molecule has 2 aliphatic heterocycles. The van der Waals surface area contributed by atoms with Crippen molar-refractivity contribution >= 4 is 5.78 Å². The summed E-state index contributed by atoms with van der Waals surface area (Å²) in [6, 6.07) is 0. The van der Waals surface area contributed by atoms with Crippen molar-refractivity contribution in [3.8, 4) is 0 Å². The van der Waals surface area contributed by atoms with E-state index in [0.717, 1.165) is 26.4 Å². The zero-order chi connectivity index (χ0) is 16.6. The average molecular weight is 304 g/mol. The summed E-state index contributed by atoms with van der Waals surface area (Å²) in [6.45, 7) is 12.3. The van der Waals surface area contributed by atoms with Gasteiger partial charge in [-0.05, 0) is 73.1 Å².